The van der Waals surface area contributed by atoms with Crippen LogP contribution in [0.3, 0.4) is 0 Å². The molecule has 3 nitrogen and oxygen atoms in total. The molecule has 0 saturated carbocycles. The zero-order chi connectivity index (χ0) is 13.0. The number of halogens is 2. The van der Waals surface area contributed by atoms with Crippen LogP contribution >= 0.6 is 8.25 Å². The van der Waals surface area contributed by atoms with E-state index in [2.05, 4.69) is 0 Å². The third kappa shape index (κ3) is 3.02. The van der Waals surface area contributed by atoms with Gasteiger partial charge in [-0.1, -0.05) is 24.3 Å². The molecule has 2 aromatic rings. The minimum Gasteiger partial charge on any atom is -0.219 e. The number of para-hydroxylation sites is 2. The van der Waals surface area contributed by atoms with Crippen molar-refractivity contribution in [3.63, 3.8) is 0 Å². The van der Waals surface area contributed by atoms with Gasteiger partial charge in [-0.2, -0.15) is 0 Å². The second-order valence-electron chi connectivity index (χ2n) is 3.27. The van der Waals surface area contributed by atoms with Crippen LogP contribution in [0, 0.1) is 11.6 Å². The van der Waals surface area contributed by atoms with Gasteiger partial charge in [0.05, 0.1) is 0 Å². The Hall–Kier alpha value is -2.00. The van der Waals surface area contributed by atoms with Gasteiger partial charge in [0.25, 0.3) is 0 Å². The quantitative estimate of drug-likeness (QED) is 0.784. The largest absolute Gasteiger partial charge is 0.805 e. The Kier molecular flexibility index (Phi) is 3.85. The Morgan fingerprint density at radius 1 is 0.778 bits per heavy atom. The number of hydrogen-bond donors (Lipinski definition) is 0. The SMILES string of the molecule is O=[P+](Oc1ccccc1F)Oc1ccccc1F. The van der Waals surface area contributed by atoms with Gasteiger partial charge in [-0.25, -0.2) is 17.8 Å². The first-order valence-corrected chi connectivity index (χ1v) is 6.08. The van der Waals surface area contributed by atoms with Crippen LogP contribution in [0.5, 0.6) is 11.5 Å². The molecule has 0 heterocycles. The van der Waals surface area contributed by atoms with Crippen LogP contribution in [0.2, 0.25) is 0 Å². The van der Waals surface area contributed by atoms with Crippen LogP contribution in [0.25, 0.3) is 0 Å². The van der Waals surface area contributed by atoms with Crippen molar-refractivity contribution in [1.29, 1.82) is 0 Å². The van der Waals surface area contributed by atoms with E-state index in [1.807, 2.05) is 0 Å². The van der Waals surface area contributed by atoms with Gasteiger partial charge in [0.15, 0.2) is 11.6 Å². The smallest absolute Gasteiger partial charge is 0.219 e. The van der Waals surface area contributed by atoms with E-state index in [0.717, 1.165) is 12.1 Å². The lowest BCUT2D eigenvalue weighted by molar-refractivity contribution is 0.393. The summed E-state index contributed by atoms with van der Waals surface area (Å²) in [6.45, 7) is 0. The molecule has 0 N–H and O–H groups in total. The van der Waals surface area contributed by atoms with Crippen LogP contribution in [-0.4, -0.2) is 0 Å². The molecule has 0 aliphatic carbocycles. The van der Waals surface area contributed by atoms with Crippen LogP contribution in [0.15, 0.2) is 48.5 Å². The topological polar surface area (TPSA) is 35.5 Å². The minimum atomic E-state index is -2.70. The molecule has 0 bridgehead atoms. The summed E-state index contributed by atoms with van der Waals surface area (Å²) in [6.07, 6.45) is 0. The maximum absolute atomic E-state index is 13.2. The zero-order valence-electron chi connectivity index (χ0n) is 9.05. The standard InChI is InChI=1S/C12H8F2O3P/c13-9-5-1-3-7-11(9)16-18(15)17-12-8-4-2-6-10(12)14/h1-8H/q+1. The van der Waals surface area contributed by atoms with Crippen molar-refractivity contribution < 1.29 is 22.4 Å². The van der Waals surface area contributed by atoms with Gasteiger partial charge in [0.1, 0.15) is 0 Å². The molecule has 0 fully saturated rings. The van der Waals surface area contributed by atoms with E-state index in [9.17, 15) is 13.3 Å². The molecule has 2 aromatic carbocycles. The molecule has 0 aromatic heterocycles. The van der Waals surface area contributed by atoms with Crippen LogP contribution in [0.1, 0.15) is 0 Å². The third-order valence-electron chi connectivity index (χ3n) is 2.02. The molecule has 0 saturated heterocycles. The van der Waals surface area contributed by atoms with Gasteiger partial charge in [0, 0.05) is 4.57 Å². The molecule has 0 aliphatic rings. The van der Waals surface area contributed by atoms with Crippen molar-refractivity contribution in [1.82, 2.24) is 0 Å². The lowest BCUT2D eigenvalue weighted by Gasteiger charge is -1.96. The lowest BCUT2D eigenvalue weighted by Crippen LogP contribution is -1.92. The Labute approximate surface area is 103 Å². The Morgan fingerprint density at radius 3 is 1.56 bits per heavy atom. The Morgan fingerprint density at radius 2 is 1.17 bits per heavy atom. The summed E-state index contributed by atoms with van der Waals surface area (Å²) in [5.41, 5.74) is 0. The van der Waals surface area contributed by atoms with Gasteiger partial charge in [-0.15, -0.1) is 0 Å². The molecule has 92 valence electrons. The van der Waals surface area contributed by atoms with Gasteiger partial charge in [0.2, 0.25) is 11.5 Å². The van der Waals surface area contributed by atoms with E-state index in [4.69, 9.17) is 9.05 Å². The molecule has 0 atom stereocenters. The van der Waals surface area contributed by atoms with Gasteiger partial charge in [-0.3, -0.25) is 0 Å². The molecule has 0 spiro atoms. The van der Waals surface area contributed by atoms with Crippen LogP contribution < -0.4 is 9.05 Å². The maximum atomic E-state index is 13.2. The molecule has 0 unspecified atom stereocenters. The minimum absolute atomic E-state index is 0.213. The van der Waals surface area contributed by atoms with E-state index in [1.165, 1.54) is 36.4 Å². The van der Waals surface area contributed by atoms with Crippen LogP contribution in [0.4, 0.5) is 8.78 Å². The highest BCUT2D eigenvalue weighted by Crippen LogP contribution is 2.32. The highest BCUT2D eigenvalue weighted by molar-refractivity contribution is 7.34. The van der Waals surface area contributed by atoms with Crippen LogP contribution in [-0.2, 0) is 4.57 Å². The molecular weight excluding hydrogens is 261 g/mol. The Bertz CT molecular complexity index is 525. The second kappa shape index (κ2) is 5.56. The molecule has 0 aliphatic heterocycles. The zero-order valence-corrected chi connectivity index (χ0v) is 9.94. The van der Waals surface area contributed by atoms with E-state index >= 15 is 0 Å². The van der Waals surface area contributed by atoms with Crippen molar-refractivity contribution in [2.24, 2.45) is 0 Å². The number of benzene rings is 2. The van der Waals surface area contributed by atoms with Crippen molar-refractivity contribution in [3.05, 3.63) is 60.2 Å². The molecular formula is C12H8F2O3P+. The second-order valence-corrected chi connectivity index (χ2v) is 4.08. The maximum Gasteiger partial charge on any atom is 0.805 e. The highest BCUT2D eigenvalue weighted by Gasteiger charge is 2.27. The van der Waals surface area contributed by atoms with Gasteiger partial charge >= 0.3 is 8.25 Å². The Balaban J connectivity index is 2.06. The summed E-state index contributed by atoms with van der Waals surface area (Å²) in [5, 5.41) is 0. The van der Waals surface area contributed by atoms with E-state index in [0.29, 0.717) is 0 Å². The fraction of sp³-hybridized carbons (Fsp3) is 0. The fourth-order valence-electron chi connectivity index (χ4n) is 1.22. The molecule has 2 rings (SSSR count). The van der Waals surface area contributed by atoms with Gasteiger partial charge in [-0.05, 0) is 24.3 Å². The summed E-state index contributed by atoms with van der Waals surface area (Å²) in [6, 6.07) is 10.9. The summed E-state index contributed by atoms with van der Waals surface area (Å²) in [7, 11) is -2.70. The van der Waals surface area contributed by atoms with Crippen molar-refractivity contribution >= 4 is 8.25 Å². The third-order valence-corrected chi connectivity index (χ3v) is 2.71. The fourth-order valence-corrected chi connectivity index (χ4v) is 1.87. The number of rotatable bonds is 4. The number of hydrogen-bond acceptors (Lipinski definition) is 3. The van der Waals surface area contributed by atoms with Crippen molar-refractivity contribution in [2.45, 2.75) is 0 Å². The normalized spacial score (nSPS) is 9.89. The van der Waals surface area contributed by atoms with E-state index in [1.54, 1.807) is 0 Å². The summed E-state index contributed by atoms with van der Waals surface area (Å²) in [5.74, 6) is -1.76. The summed E-state index contributed by atoms with van der Waals surface area (Å²) >= 11 is 0. The summed E-state index contributed by atoms with van der Waals surface area (Å²) < 4.78 is 47.3. The molecule has 0 amide bonds. The van der Waals surface area contributed by atoms with Crippen molar-refractivity contribution in [3.8, 4) is 11.5 Å². The lowest BCUT2D eigenvalue weighted by atomic mass is 10.3. The van der Waals surface area contributed by atoms with Gasteiger partial charge < -0.3 is 0 Å². The average molecular weight is 269 g/mol. The first kappa shape index (κ1) is 12.5. The average Bonchev–Trinajstić information content (AvgIpc) is 2.35. The van der Waals surface area contributed by atoms with E-state index in [-0.39, 0.29) is 11.5 Å². The highest BCUT2D eigenvalue weighted by atomic mass is 31.1. The van der Waals surface area contributed by atoms with E-state index < -0.39 is 19.9 Å². The predicted octanol–water partition coefficient (Wildman–Crippen LogP) is 4.08. The summed E-state index contributed by atoms with van der Waals surface area (Å²) in [4.78, 5) is 0. The van der Waals surface area contributed by atoms with Crippen molar-refractivity contribution in [2.75, 3.05) is 0 Å². The predicted molar refractivity (Wildman–Crippen MR) is 61.7 cm³/mol. The first-order valence-electron chi connectivity index (χ1n) is 4.99. The first-order chi connectivity index (χ1) is 8.66. The molecule has 6 heteroatoms. The molecule has 0 radical (unpaired) electrons. The monoisotopic (exact) mass is 269 g/mol. The molecule has 18 heavy (non-hydrogen) atoms.